The third-order valence-electron chi connectivity index (χ3n) is 2.97. The summed E-state index contributed by atoms with van der Waals surface area (Å²) >= 11 is 0. The highest BCUT2D eigenvalue weighted by molar-refractivity contribution is 5.95. The normalized spacial score (nSPS) is 15.2. The Labute approximate surface area is 106 Å². The van der Waals surface area contributed by atoms with Crippen LogP contribution in [0.3, 0.4) is 0 Å². The summed E-state index contributed by atoms with van der Waals surface area (Å²) in [7, 11) is 0. The smallest absolute Gasteiger partial charge is 0.305 e. The van der Waals surface area contributed by atoms with Crippen LogP contribution in [0.2, 0.25) is 0 Å². The molecule has 0 radical (unpaired) electrons. The molecule has 1 saturated heterocycles. The number of likely N-dealkylation sites (tertiary alicyclic amines) is 1. The monoisotopic (exact) mass is 272 g/mol. The SMILES string of the molecule is O=C(c1cc([N+](=O)[O-])c(F)cc1F)N1CC(CO)C1. The van der Waals surface area contributed by atoms with Gasteiger partial charge in [0.15, 0.2) is 0 Å². The molecule has 1 aromatic rings. The van der Waals surface area contributed by atoms with Crippen LogP contribution in [0.25, 0.3) is 0 Å². The number of nitro groups is 1. The average Bonchev–Trinajstić information content (AvgIpc) is 2.26. The molecule has 0 unspecified atom stereocenters. The largest absolute Gasteiger partial charge is 0.396 e. The van der Waals surface area contributed by atoms with Crippen molar-refractivity contribution >= 4 is 11.6 Å². The maximum atomic E-state index is 13.5. The van der Waals surface area contributed by atoms with Crippen LogP contribution >= 0.6 is 0 Å². The molecule has 1 N–H and O–H groups in total. The van der Waals surface area contributed by atoms with E-state index >= 15 is 0 Å². The molecule has 0 aromatic heterocycles. The fraction of sp³-hybridized carbons (Fsp3) is 0.364. The summed E-state index contributed by atoms with van der Waals surface area (Å²) in [4.78, 5) is 22.6. The summed E-state index contributed by atoms with van der Waals surface area (Å²) in [6, 6.07) is 0.925. The van der Waals surface area contributed by atoms with Gasteiger partial charge in [0.1, 0.15) is 5.82 Å². The first-order chi connectivity index (χ1) is 8.93. The first kappa shape index (κ1) is 13.3. The van der Waals surface area contributed by atoms with Crippen molar-refractivity contribution in [2.75, 3.05) is 19.7 Å². The molecule has 1 aliphatic rings. The molecule has 19 heavy (non-hydrogen) atoms. The lowest BCUT2D eigenvalue weighted by Crippen LogP contribution is -2.51. The third kappa shape index (κ3) is 2.39. The van der Waals surface area contributed by atoms with Crippen molar-refractivity contribution in [1.82, 2.24) is 4.90 Å². The number of nitro benzene ring substituents is 1. The van der Waals surface area contributed by atoms with Crippen LogP contribution in [0.4, 0.5) is 14.5 Å². The number of hydrogen-bond acceptors (Lipinski definition) is 4. The zero-order chi connectivity index (χ0) is 14.2. The number of halogens is 2. The summed E-state index contributed by atoms with van der Waals surface area (Å²) < 4.78 is 26.6. The van der Waals surface area contributed by atoms with Crippen molar-refractivity contribution in [2.45, 2.75) is 0 Å². The topological polar surface area (TPSA) is 83.7 Å². The van der Waals surface area contributed by atoms with Gasteiger partial charge >= 0.3 is 5.69 Å². The number of rotatable bonds is 3. The van der Waals surface area contributed by atoms with Gasteiger partial charge in [-0.15, -0.1) is 0 Å². The fourth-order valence-electron chi connectivity index (χ4n) is 1.86. The summed E-state index contributed by atoms with van der Waals surface area (Å²) in [6.45, 7) is 0.412. The van der Waals surface area contributed by atoms with E-state index in [1.54, 1.807) is 0 Å². The molecular weight excluding hydrogens is 262 g/mol. The number of nitrogens with zero attached hydrogens (tertiary/aromatic N) is 2. The lowest BCUT2D eigenvalue weighted by molar-refractivity contribution is -0.387. The van der Waals surface area contributed by atoms with Gasteiger partial charge in [0.25, 0.3) is 5.91 Å². The second-order valence-corrected chi connectivity index (χ2v) is 4.30. The van der Waals surface area contributed by atoms with Crippen LogP contribution in [0, 0.1) is 27.7 Å². The maximum absolute atomic E-state index is 13.5. The van der Waals surface area contributed by atoms with E-state index < -0.39 is 33.7 Å². The van der Waals surface area contributed by atoms with E-state index in [1.165, 1.54) is 4.90 Å². The molecule has 1 aromatic carbocycles. The van der Waals surface area contributed by atoms with Crippen molar-refractivity contribution in [3.8, 4) is 0 Å². The number of carbonyl (C=O) groups is 1. The van der Waals surface area contributed by atoms with Crippen LogP contribution in [0.1, 0.15) is 10.4 Å². The molecule has 0 spiro atoms. The number of hydrogen-bond donors (Lipinski definition) is 1. The highest BCUT2D eigenvalue weighted by Gasteiger charge is 2.33. The van der Waals surface area contributed by atoms with Gasteiger partial charge in [-0.1, -0.05) is 0 Å². The summed E-state index contributed by atoms with van der Waals surface area (Å²) in [5, 5.41) is 19.4. The van der Waals surface area contributed by atoms with Gasteiger partial charge in [-0.2, -0.15) is 4.39 Å². The van der Waals surface area contributed by atoms with Gasteiger partial charge < -0.3 is 10.0 Å². The predicted octanol–water partition coefficient (Wildman–Crippen LogP) is 0.937. The number of amides is 1. The van der Waals surface area contributed by atoms with Crippen molar-refractivity contribution < 1.29 is 23.6 Å². The minimum atomic E-state index is -1.32. The van der Waals surface area contributed by atoms with Gasteiger partial charge in [-0.3, -0.25) is 14.9 Å². The van der Waals surface area contributed by atoms with Crippen molar-refractivity contribution in [2.24, 2.45) is 5.92 Å². The fourth-order valence-corrected chi connectivity index (χ4v) is 1.86. The highest BCUT2D eigenvalue weighted by Crippen LogP contribution is 2.25. The van der Waals surface area contributed by atoms with E-state index in [2.05, 4.69) is 0 Å². The van der Waals surface area contributed by atoms with Gasteiger partial charge in [-0.05, 0) is 0 Å². The Morgan fingerprint density at radius 3 is 2.58 bits per heavy atom. The van der Waals surface area contributed by atoms with Gasteiger partial charge in [0.05, 0.1) is 10.5 Å². The molecule has 1 aliphatic heterocycles. The van der Waals surface area contributed by atoms with Crippen LogP contribution in [0.5, 0.6) is 0 Å². The Morgan fingerprint density at radius 1 is 1.42 bits per heavy atom. The van der Waals surface area contributed by atoms with Crippen LogP contribution in [-0.2, 0) is 0 Å². The van der Waals surface area contributed by atoms with Crippen molar-refractivity contribution in [1.29, 1.82) is 0 Å². The minimum Gasteiger partial charge on any atom is -0.396 e. The van der Waals surface area contributed by atoms with E-state index in [9.17, 15) is 23.7 Å². The molecule has 1 fully saturated rings. The molecular formula is C11H10F2N2O4. The number of benzene rings is 1. The molecule has 0 aliphatic carbocycles. The standard InChI is InChI=1S/C11H10F2N2O4/c12-8-2-9(13)10(15(18)19)1-7(8)11(17)14-3-6(4-14)5-16/h1-2,6,16H,3-5H2. The number of aliphatic hydroxyl groups excluding tert-OH is 1. The van der Waals surface area contributed by atoms with Gasteiger partial charge in [-0.25, -0.2) is 4.39 Å². The maximum Gasteiger partial charge on any atom is 0.305 e. The Bertz CT molecular complexity index is 544. The quantitative estimate of drug-likeness (QED) is 0.655. The van der Waals surface area contributed by atoms with Crippen LogP contribution in [0.15, 0.2) is 12.1 Å². The van der Waals surface area contributed by atoms with Gasteiger partial charge in [0, 0.05) is 37.7 Å². The van der Waals surface area contributed by atoms with E-state index in [0.717, 1.165) is 0 Å². The van der Waals surface area contributed by atoms with Crippen molar-refractivity contribution in [3.05, 3.63) is 39.4 Å². The second-order valence-electron chi connectivity index (χ2n) is 4.30. The zero-order valence-corrected chi connectivity index (χ0v) is 9.68. The molecule has 0 atom stereocenters. The van der Waals surface area contributed by atoms with E-state index in [-0.39, 0.29) is 25.6 Å². The molecule has 8 heteroatoms. The molecule has 1 heterocycles. The Morgan fingerprint density at radius 2 is 2.05 bits per heavy atom. The van der Waals surface area contributed by atoms with E-state index in [1.807, 2.05) is 0 Å². The summed E-state index contributed by atoms with van der Waals surface area (Å²) in [5.74, 6) is -3.27. The first-order valence-electron chi connectivity index (χ1n) is 5.47. The lowest BCUT2D eigenvalue weighted by Gasteiger charge is -2.38. The summed E-state index contributed by atoms with van der Waals surface area (Å²) in [6.07, 6.45) is 0. The third-order valence-corrected chi connectivity index (χ3v) is 2.97. The highest BCUT2D eigenvalue weighted by atomic mass is 19.1. The van der Waals surface area contributed by atoms with E-state index in [0.29, 0.717) is 12.1 Å². The van der Waals surface area contributed by atoms with Crippen LogP contribution < -0.4 is 0 Å². The Balaban J connectivity index is 2.27. The average molecular weight is 272 g/mol. The minimum absolute atomic E-state index is 0.0672. The molecule has 102 valence electrons. The van der Waals surface area contributed by atoms with Crippen molar-refractivity contribution in [3.63, 3.8) is 0 Å². The predicted molar refractivity (Wildman–Crippen MR) is 59.5 cm³/mol. The summed E-state index contributed by atoms with van der Waals surface area (Å²) in [5.41, 5.74) is -1.48. The number of carbonyl (C=O) groups excluding carboxylic acids is 1. The number of aliphatic hydroxyl groups is 1. The molecule has 2 rings (SSSR count). The lowest BCUT2D eigenvalue weighted by atomic mass is 9.99. The Hall–Kier alpha value is -2.09. The second kappa shape index (κ2) is 4.88. The molecule has 6 nitrogen and oxygen atoms in total. The van der Waals surface area contributed by atoms with Crippen LogP contribution in [-0.4, -0.2) is 40.5 Å². The van der Waals surface area contributed by atoms with E-state index in [4.69, 9.17) is 5.11 Å². The molecule has 1 amide bonds. The molecule has 0 saturated carbocycles. The van der Waals surface area contributed by atoms with Gasteiger partial charge in [0.2, 0.25) is 5.82 Å². The Kier molecular flexibility index (Phi) is 3.43. The first-order valence-corrected chi connectivity index (χ1v) is 5.47. The molecule has 0 bridgehead atoms. The zero-order valence-electron chi connectivity index (χ0n) is 9.68.